The Balaban J connectivity index is 1.88. The van der Waals surface area contributed by atoms with Crippen molar-refractivity contribution in [1.82, 2.24) is 10.2 Å². The van der Waals surface area contributed by atoms with Crippen molar-refractivity contribution in [2.45, 2.75) is 32.7 Å². The quantitative estimate of drug-likeness (QED) is 0.742. The van der Waals surface area contributed by atoms with Crippen LogP contribution in [-0.4, -0.2) is 50.3 Å². The predicted octanol–water partition coefficient (Wildman–Crippen LogP) is 1.10. The van der Waals surface area contributed by atoms with Crippen LogP contribution in [0.4, 0.5) is 0 Å². The van der Waals surface area contributed by atoms with E-state index in [2.05, 4.69) is 24.1 Å². The second-order valence-electron chi connectivity index (χ2n) is 5.45. The minimum Gasteiger partial charge on any atom is -0.381 e. The van der Waals surface area contributed by atoms with E-state index in [1.54, 1.807) is 0 Å². The molecule has 2 aliphatic heterocycles. The normalized spacial score (nSPS) is 32.8. The van der Waals surface area contributed by atoms with Crippen molar-refractivity contribution >= 4 is 0 Å². The molecule has 0 spiro atoms. The average Bonchev–Trinajstić information content (AvgIpc) is 2.22. The monoisotopic (exact) mass is 212 g/mol. The van der Waals surface area contributed by atoms with Crippen molar-refractivity contribution in [3.63, 3.8) is 0 Å². The SMILES string of the molecule is CC1CNCCN1CC1(C)CCOCC1. The first-order valence-electron chi connectivity index (χ1n) is 6.22. The standard InChI is InChI=1S/C12H24N2O/c1-11-9-13-5-6-14(11)10-12(2)3-7-15-8-4-12/h11,13H,3-10H2,1-2H3. The van der Waals surface area contributed by atoms with Gasteiger partial charge in [0.2, 0.25) is 0 Å². The summed E-state index contributed by atoms with van der Waals surface area (Å²) in [6.45, 7) is 11.4. The lowest BCUT2D eigenvalue weighted by Crippen LogP contribution is -2.53. The lowest BCUT2D eigenvalue weighted by Gasteiger charge is -2.42. The second kappa shape index (κ2) is 4.81. The van der Waals surface area contributed by atoms with Gasteiger partial charge in [0.05, 0.1) is 0 Å². The Kier molecular flexibility index (Phi) is 3.65. The third kappa shape index (κ3) is 2.92. The Bertz CT molecular complexity index is 202. The molecule has 2 saturated heterocycles. The molecular formula is C12H24N2O. The van der Waals surface area contributed by atoms with Gasteiger partial charge in [0.1, 0.15) is 0 Å². The van der Waals surface area contributed by atoms with Crippen molar-refractivity contribution in [2.24, 2.45) is 5.41 Å². The molecule has 3 heteroatoms. The van der Waals surface area contributed by atoms with Gasteiger partial charge >= 0.3 is 0 Å². The molecule has 88 valence electrons. The minimum atomic E-state index is 0.490. The molecule has 1 atom stereocenters. The van der Waals surface area contributed by atoms with Crippen molar-refractivity contribution in [1.29, 1.82) is 0 Å². The molecular weight excluding hydrogens is 188 g/mol. The number of hydrogen-bond acceptors (Lipinski definition) is 3. The number of piperazine rings is 1. The molecule has 0 aliphatic carbocycles. The number of hydrogen-bond donors (Lipinski definition) is 1. The Labute approximate surface area is 93.2 Å². The third-order valence-electron chi connectivity index (χ3n) is 3.92. The van der Waals surface area contributed by atoms with Crippen LogP contribution in [0.3, 0.4) is 0 Å². The van der Waals surface area contributed by atoms with Crippen LogP contribution in [0.15, 0.2) is 0 Å². The number of nitrogens with one attached hydrogen (secondary N) is 1. The van der Waals surface area contributed by atoms with E-state index >= 15 is 0 Å². The van der Waals surface area contributed by atoms with Crippen LogP contribution in [0, 0.1) is 5.41 Å². The fourth-order valence-corrected chi connectivity index (χ4v) is 2.63. The largest absolute Gasteiger partial charge is 0.381 e. The zero-order valence-corrected chi connectivity index (χ0v) is 10.1. The fraction of sp³-hybridized carbons (Fsp3) is 1.00. The van der Waals surface area contributed by atoms with Crippen LogP contribution in [-0.2, 0) is 4.74 Å². The molecule has 1 N–H and O–H groups in total. The van der Waals surface area contributed by atoms with Gasteiger partial charge in [0.15, 0.2) is 0 Å². The molecule has 0 aromatic heterocycles. The van der Waals surface area contributed by atoms with E-state index in [9.17, 15) is 0 Å². The van der Waals surface area contributed by atoms with Gasteiger partial charge in [-0.05, 0) is 25.2 Å². The summed E-state index contributed by atoms with van der Waals surface area (Å²) in [7, 11) is 0. The molecule has 0 radical (unpaired) electrons. The lowest BCUT2D eigenvalue weighted by atomic mass is 9.81. The molecule has 15 heavy (non-hydrogen) atoms. The van der Waals surface area contributed by atoms with Gasteiger partial charge in [0, 0.05) is 45.4 Å². The first-order chi connectivity index (χ1) is 7.20. The second-order valence-corrected chi connectivity index (χ2v) is 5.45. The van der Waals surface area contributed by atoms with Crippen molar-refractivity contribution in [2.75, 3.05) is 39.4 Å². The fourth-order valence-electron chi connectivity index (χ4n) is 2.63. The first-order valence-corrected chi connectivity index (χ1v) is 6.22. The molecule has 2 fully saturated rings. The van der Waals surface area contributed by atoms with Crippen LogP contribution in [0.2, 0.25) is 0 Å². The van der Waals surface area contributed by atoms with E-state index in [-0.39, 0.29) is 0 Å². The Hall–Kier alpha value is -0.120. The van der Waals surface area contributed by atoms with Crippen LogP contribution in [0.25, 0.3) is 0 Å². The molecule has 0 aromatic carbocycles. The molecule has 3 nitrogen and oxygen atoms in total. The Morgan fingerprint density at radius 2 is 2.13 bits per heavy atom. The maximum atomic E-state index is 5.45. The summed E-state index contributed by atoms with van der Waals surface area (Å²) in [5.74, 6) is 0. The molecule has 2 rings (SSSR count). The summed E-state index contributed by atoms with van der Waals surface area (Å²) >= 11 is 0. The summed E-state index contributed by atoms with van der Waals surface area (Å²) < 4.78 is 5.45. The van der Waals surface area contributed by atoms with Crippen LogP contribution in [0.5, 0.6) is 0 Å². The number of rotatable bonds is 2. The van der Waals surface area contributed by atoms with Gasteiger partial charge in [-0.15, -0.1) is 0 Å². The lowest BCUT2D eigenvalue weighted by molar-refractivity contribution is -0.00450. The minimum absolute atomic E-state index is 0.490. The highest BCUT2D eigenvalue weighted by Gasteiger charge is 2.31. The van der Waals surface area contributed by atoms with E-state index in [0.717, 1.165) is 26.3 Å². The van der Waals surface area contributed by atoms with Crippen molar-refractivity contribution in [3.05, 3.63) is 0 Å². The summed E-state index contributed by atoms with van der Waals surface area (Å²) in [4.78, 5) is 2.64. The number of ether oxygens (including phenoxy) is 1. The highest BCUT2D eigenvalue weighted by atomic mass is 16.5. The van der Waals surface area contributed by atoms with E-state index in [1.165, 1.54) is 25.9 Å². The summed E-state index contributed by atoms with van der Waals surface area (Å²) in [5.41, 5.74) is 0.490. The van der Waals surface area contributed by atoms with E-state index in [4.69, 9.17) is 4.74 Å². The highest BCUT2D eigenvalue weighted by Crippen LogP contribution is 2.31. The van der Waals surface area contributed by atoms with E-state index in [1.807, 2.05) is 0 Å². The van der Waals surface area contributed by atoms with Gasteiger partial charge in [0.25, 0.3) is 0 Å². The summed E-state index contributed by atoms with van der Waals surface area (Å²) in [5, 5.41) is 3.45. The molecule has 0 bridgehead atoms. The van der Waals surface area contributed by atoms with E-state index < -0.39 is 0 Å². The van der Waals surface area contributed by atoms with Crippen LogP contribution < -0.4 is 5.32 Å². The zero-order chi connectivity index (χ0) is 10.7. The maximum absolute atomic E-state index is 5.45. The third-order valence-corrected chi connectivity index (χ3v) is 3.92. The van der Waals surface area contributed by atoms with Crippen molar-refractivity contribution in [3.8, 4) is 0 Å². The van der Waals surface area contributed by atoms with Crippen LogP contribution >= 0.6 is 0 Å². The highest BCUT2D eigenvalue weighted by molar-refractivity contribution is 4.85. The van der Waals surface area contributed by atoms with E-state index in [0.29, 0.717) is 11.5 Å². The molecule has 2 aliphatic rings. The Morgan fingerprint density at radius 1 is 1.40 bits per heavy atom. The number of nitrogens with zero attached hydrogens (tertiary/aromatic N) is 1. The molecule has 0 saturated carbocycles. The molecule has 0 amide bonds. The average molecular weight is 212 g/mol. The smallest absolute Gasteiger partial charge is 0.0471 e. The maximum Gasteiger partial charge on any atom is 0.0471 e. The van der Waals surface area contributed by atoms with Gasteiger partial charge < -0.3 is 10.1 Å². The molecule has 2 heterocycles. The van der Waals surface area contributed by atoms with Crippen LogP contribution in [0.1, 0.15) is 26.7 Å². The summed E-state index contributed by atoms with van der Waals surface area (Å²) in [6, 6.07) is 0.693. The van der Waals surface area contributed by atoms with Gasteiger partial charge in [-0.1, -0.05) is 6.92 Å². The topological polar surface area (TPSA) is 24.5 Å². The van der Waals surface area contributed by atoms with Gasteiger partial charge in [-0.25, -0.2) is 0 Å². The zero-order valence-electron chi connectivity index (χ0n) is 10.1. The summed E-state index contributed by atoms with van der Waals surface area (Å²) in [6.07, 6.45) is 2.45. The van der Waals surface area contributed by atoms with Crippen molar-refractivity contribution < 1.29 is 4.74 Å². The molecule has 0 aromatic rings. The molecule has 1 unspecified atom stereocenters. The predicted molar refractivity (Wildman–Crippen MR) is 62.1 cm³/mol. The van der Waals surface area contributed by atoms with Gasteiger partial charge in [-0.2, -0.15) is 0 Å². The first kappa shape index (κ1) is 11.4. The van der Waals surface area contributed by atoms with Gasteiger partial charge in [-0.3, -0.25) is 4.90 Å². The Morgan fingerprint density at radius 3 is 2.80 bits per heavy atom.